The number of nitrogens with zero attached hydrogens (tertiary/aromatic N) is 3. The van der Waals surface area contributed by atoms with Gasteiger partial charge in [-0.2, -0.15) is 10.2 Å². The van der Waals surface area contributed by atoms with Crippen molar-refractivity contribution in [3.63, 3.8) is 0 Å². The molecule has 8 heteroatoms. The molecule has 0 aliphatic carbocycles. The molecule has 1 aromatic carbocycles. The largest absolute Gasteiger partial charge is 0.496 e. The fourth-order valence-electron chi connectivity index (χ4n) is 4.13. The molecule has 0 saturated carbocycles. The van der Waals surface area contributed by atoms with Gasteiger partial charge in [0.05, 0.1) is 18.7 Å². The van der Waals surface area contributed by atoms with Crippen LogP contribution in [0.4, 0.5) is 11.8 Å². The molecule has 0 spiro atoms. The van der Waals surface area contributed by atoms with Crippen LogP contribution >= 0.6 is 0 Å². The number of hydrogen-bond acceptors (Lipinski definition) is 6. The molecule has 1 saturated heterocycles. The van der Waals surface area contributed by atoms with Gasteiger partial charge in [0.25, 0.3) is 5.56 Å². The lowest BCUT2D eigenvalue weighted by Gasteiger charge is -2.33. The number of ether oxygens (including phenoxy) is 1. The molecular formula is C21H23N5O3. The highest BCUT2D eigenvalue weighted by Gasteiger charge is 2.41. The Morgan fingerprint density at radius 3 is 2.66 bits per heavy atom. The van der Waals surface area contributed by atoms with Crippen LogP contribution in [0.2, 0.25) is 0 Å². The zero-order valence-electron chi connectivity index (χ0n) is 16.4. The minimum Gasteiger partial charge on any atom is -0.496 e. The van der Waals surface area contributed by atoms with Gasteiger partial charge in [0, 0.05) is 24.6 Å². The highest BCUT2D eigenvalue weighted by molar-refractivity contribution is 5.98. The Kier molecular flexibility index (Phi) is 4.97. The smallest absolute Gasteiger partial charge is 0.258 e. The number of nitriles is 1. The summed E-state index contributed by atoms with van der Waals surface area (Å²) >= 11 is 0. The summed E-state index contributed by atoms with van der Waals surface area (Å²) in [6, 6.07) is 9.17. The molecule has 4 rings (SSSR count). The molecule has 0 bridgehead atoms. The zero-order chi connectivity index (χ0) is 20.5. The van der Waals surface area contributed by atoms with E-state index in [1.165, 1.54) is 7.11 Å². The number of benzene rings is 1. The van der Waals surface area contributed by atoms with Gasteiger partial charge in [-0.1, -0.05) is 25.1 Å². The minimum absolute atomic E-state index is 0.217. The van der Waals surface area contributed by atoms with Crippen molar-refractivity contribution in [3.8, 4) is 11.8 Å². The lowest BCUT2D eigenvalue weighted by molar-refractivity contribution is -0.119. The van der Waals surface area contributed by atoms with Crippen LogP contribution in [0.1, 0.15) is 36.8 Å². The minimum atomic E-state index is -1.05. The van der Waals surface area contributed by atoms with Crippen LogP contribution in [0.25, 0.3) is 0 Å². The second-order valence-corrected chi connectivity index (χ2v) is 7.64. The number of carbonyl (C=O) groups excluding carboxylic acids is 1. The van der Waals surface area contributed by atoms with E-state index in [9.17, 15) is 14.9 Å². The van der Waals surface area contributed by atoms with Gasteiger partial charge in [-0.25, -0.2) is 0 Å². The van der Waals surface area contributed by atoms with Gasteiger partial charge in [-0.05, 0) is 24.8 Å². The summed E-state index contributed by atoms with van der Waals surface area (Å²) in [6.45, 7) is 3.81. The SMILES string of the molecule is COc1ccccc1C1c2c(nc(N3CCC(C)CC3)[nH]c2=O)NC(=O)C1C#N. The Bertz CT molecular complexity index is 1030. The van der Waals surface area contributed by atoms with Crippen LogP contribution in [-0.4, -0.2) is 36.1 Å². The first-order valence-electron chi connectivity index (χ1n) is 9.76. The second kappa shape index (κ2) is 7.59. The molecule has 2 N–H and O–H groups in total. The van der Waals surface area contributed by atoms with Crippen molar-refractivity contribution in [2.45, 2.75) is 25.7 Å². The van der Waals surface area contributed by atoms with Gasteiger partial charge in [-0.15, -0.1) is 0 Å². The first-order chi connectivity index (χ1) is 14.0. The third kappa shape index (κ3) is 3.33. The summed E-state index contributed by atoms with van der Waals surface area (Å²) in [7, 11) is 1.52. The summed E-state index contributed by atoms with van der Waals surface area (Å²) in [4.78, 5) is 35.3. The molecule has 2 unspecified atom stereocenters. The Labute approximate surface area is 168 Å². The number of H-pyrrole nitrogens is 1. The highest BCUT2D eigenvalue weighted by Crippen LogP contribution is 2.41. The van der Waals surface area contributed by atoms with Crippen molar-refractivity contribution in [1.82, 2.24) is 9.97 Å². The lowest BCUT2D eigenvalue weighted by atomic mass is 9.79. The van der Waals surface area contributed by atoms with Crippen molar-refractivity contribution in [1.29, 1.82) is 5.26 Å². The topological polar surface area (TPSA) is 111 Å². The number of piperidine rings is 1. The van der Waals surface area contributed by atoms with Crippen molar-refractivity contribution >= 4 is 17.7 Å². The molecule has 150 valence electrons. The Balaban J connectivity index is 1.84. The summed E-state index contributed by atoms with van der Waals surface area (Å²) in [5.41, 5.74) is 0.555. The van der Waals surface area contributed by atoms with E-state index in [0.717, 1.165) is 25.9 Å². The van der Waals surface area contributed by atoms with Gasteiger partial charge in [-0.3, -0.25) is 14.6 Å². The number of anilines is 2. The van der Waals surface area contributed by atoms with Crippen LogP contribution in [0.5, 0.6) is 5.75 Å². The number of para-hydroxylation sites is 1. The fraction of sp³-hybridized carbons (Fsp3) is 0.429. The van der Waals surface area contributed by atoms with Gasteiger partial charge >= 0.3 is 0 Å². The zero-order valence-corrected chi connectivity index (χ0v) is 16.4. The Hall–Kier alpha value is -3.34. The van der Waals surface area contributed by atoms with Crippen molar-refractivity contribution in [2.24, 2.45) is 11.8 Å². The Morgan fingerprint density at radius 2 is 1.97 bits per heavy atom. The summed E-state index contributed by atoms with van der Waals surface area (Å²) in [5, 5.41) is 12.3. The first-order valence-corrected chi connectivity index (χ1v) is 9.76. The van der Waals surface area contributed by atoms with Crippen LogP contribution in [0.15, 0.2) is 29.1 Å². The number of methoxy groups -OCH3 is 1. The first kappa shape index (κ1) is 19.0. The summed E-state index contributed by atoms with van der Waals surface area (Å²) < 4.78 is 5.43. The molecule has 2 aliphatic heterocycles. The molecule has 3 heterocycles. The van der Waals surface area contributed by atoms with Gasteiger partial charge in [0.1, 0.15) is 17.5 Å². The van der Waals surface area contributed by atoms with Crippen LogP contribution in [0.3, 0.4) is 0 Å². The van der Waals surface area contributed by atoms with E-state index < -0.39 is 17.7 Å². The number of aromatic amines is 1. The van der Waals surface area contributed by atoms with Crippen molar-refractivity contribution in [3.05, 3.63) is 45.7 Å². The van der Waals surface area contributed by atoms with E-state index in [1.807, 2.05) is 11.0 Å². The highest BCUT2D eigenvalue weighted by atomic mass is 16.5. The standard InChI is InChI=1S/C21H23N5O3/c1-12-7-9-26(10-8-12)21-24-18-17(20(28)25-21)16(14(11-22)19(27)23-18)13-5-3-4-6-15(13)29-2/h3-6,12,14,16H,7-10H2,1-2H3,(H2,23,24,25,27,28). The van der Waals surface area contributed by atoms with Crippen molar-refractivity contribution in [2.75, 3.05) is 30.4 Å². The van der Waals surface area contributed by atoms with Crippen LogP contribution < -0.4 is 20.5 Å². The van der Waals surface area contributed by atoms with Crippen molar-refractivity contribution < 1.29 is 9.53 Å². The quantitative estimate of drug-likeness (QED) is 0.827. The molecule has 8 nitrogen and oxygen atoms in total. The molecule has 1 amide bonds. The van der Waals surface area contributed by atoms with E-state index >= 15 is 0 Å². The molecule has 0 radical (unpaired) electrons. The number of nitrogens with one attached hydrogen (secondary N) is 2. The summed E-state index contributed by atoms with van der Waals surface area (Å²) in [6.07, 6.45) is 2.04. The number of fused-ring (bicyclic) bond motifs is 1. The third-order valence-electron chi connectivity index (χ3n) is 5.81. The number of amides is 1. The van der Waals surface area contributed by atoms with E-state index in [-0.39, 0.29) is 16.9 Å². The molecule has 2 aliphatic rings. The second-order valence-electron chi connectivity index (χ2n) is 7.64. The van der Waals surface area contributed by atoms with E-state index in [0.29, 0.717) is 23.2 Å². The molecular weight excluding hydrogens is 370 g/mol. The molecule has 2 aromatic rings. The Morgan fingerprint density at radius 1 is 1.24 bits per heavy atom. The van der Waals surface area contributed by atoms with Gasteiger partial charge < -0.3 is 15.0 Å². The molecule has 29 heavy (non-hydrogen) atoms. The maximum Gasteiger partial charge on any atom is 0.258 e. The average Bonchev–Trinajstić information content (AvgIpc) is 2.73. The third-order valence-corrected chi connectivity index (χ3v) is 5.81. The van der Waals surface area contributed by atoms with E-state index in [1.54, 1.807) is 24.3 Å². The number of hydrogen-bond donors (Lipinski definition) is 2. The van der Waals surface area contributed by atoms with E-state index in [4.69, 9.17) is 4.74 Å². The lowest BCUT2D eigenvalue weighted by Crippen LogP contribution is -2.40. The molecule has 1 aromatic heterocycles. The molecule has 1 fully saturated rings. The average molecular weight is 393 g/mol. The monoisotopic (exact) mass is 393 g/mol. The maximum absolute atomic E-state index is 13.1. The number of aromatic nitrogens is 2. The maximum atomic E-state index is 13.1. The van der Waals surface area contributed by atoms with Gasteiger partial charge in [0.15, 0.2) is 0 Å². The predicted molar refractivity (Wildman–Crippen MR) is 108 cm³/mol. The van der Waals surface area contributed by atoms with Gasteiger partial charge in [0.2, 0.25) is 11.9 Å². The number of rotatable bonds is 3. The normalized spacial score (nSPS) is 21.8. The fourth-order valence-corrected chi connectivity index (χ4v) is 4.13. The van der Waals surface area contributed by atoms with Crippen LogP contribution in [0, 0.1) is 23.2 Å². The van der Waals surface area contributed by atoms with E-state index in [2.05, 4.69) is 22.2 Å². The number of carbonyl (C=O) groups is 1. The summed E-state index contributed by atoms with van der Waals surface area (Å²) in [5.74, 6) is -0.444. The molecule has 2 atom stereocenters. The predicted octanol–water partition coefficient (Wildman–Crippen LogP) is 2.24. The van der Waals surface area contributed by atoms with Crippen LogP contribution in [-0.2, 0) is 4.79 Å².